The van der Waals surface area contributed by atoms with E-state index in [9.17, 15) is 8.42 Å². The predicted octanol–water partition coefficient (Wildman–Crippen LogP) is 0.290. The van der Waals surface area contributed by atoms with E-state index in [2.05, 4.69) is 20.6 Å². The lowest BCUT2D eigenvalue weighted by Crippen LogP contribution is -2.48. The summed E-state index contributed by atoms with van der Waals surface area (Å²) in [4.78, 5) is 9.09. The second kappa shape index (κ2) is 5.25. The first-order valence-corrected chi connectivity index (χ1v) is 8.53. The van der Waals surface area contributed by atoms with Crippen molar-refractivity contribution in [3.63, 3.8) is 0 Å². The maximum atomic E-state index is 11.2. The minimum absolute atomic E-state index is 0.0601. The van der Waals surface area contributed by atoms with E-state index < -0.39 is 15.7 Å². The summed E-state index contributed by atoms with van der Waals surface area (Å²) in [6.07, 6.45) is 3.92. The Labute approximate surface area is 128 Å². The van der Waals surface area contributed by atoms with Gasteiger partial charge in [0.1, 0.15) is 0 Å². The highest BCUT2D eigenvalue weighted by Crippen LogP contribution is 2.35. The molecule has 1 spiro atoms. The van der Waals surface area contributed by atoms with Gasteiger partial charge < -0.3 is 11.1 Å². The number of nitrogens with zero attached hydrogens (tertiary/aromatic N) is 2. The molecule has 0 saturated heterocycles. The molecule has 118 valence electrons. The van der Waals surface area contributed by atoms with Crippen LogP contribution in [0.15, 0.2) is 39.1 Å². The molecule has 0 atom stereocenters. The first-order valence-electron chi connectivity index (χ1n) is 6.98. The standard InChI is InChI=1S/C13H18N6O2S/c14-11-17-12(19-13(18-11)7-1-2-8-13)16-9-3-5-10(6-4-9)22(15,20)21/h3-6H,1-2,7-8H2,(H2,15,20,21)(H4,14,16,17,18,19). The number of primary sulfonamides is 1. The van der Waals surface area contributed by atoms with Gasteiger partial charge in [0.25, 0.3) is 0 Å². The van der Waals surface area contributed by atoms with Crippen LogP contribution in [0.25, 0.3) is 0 Å². The molecule has 3 rings (SSSR count). The molecular weight excluding hydrogens is 304 g/mol. The Morgan fingerprint density at radius 2 is 1.77 bits per heavy atom. The quantitative estimate of drug-likeness (QED) is 0.620. The van der Waals surface area contributed by atoms with E-state index in [1.165, 1.54) is 12.1 Å². The Hall–Kier alpha value is -2.13. The number of rotatable bonds is 2. The average Bonchev–Trinajstić information content (AvgIpc) is 2.85. The van der Waals surface area contributed by atoms with Crippen LogP contribution in [0.5, 0.6) is 0 Å². The van der Waals surface area contributed by atoms with Crippen molar-refractivity contribution in [3.8, 4) is 0 Å². The number of nitrogens with one attached hydrogen (secondary N) is 2. The molecule has 1 fully saturated rings. The summed E-state index contributed by atoms with van der Waals surface area (Å²) >= 11 is 0. The number of sulfonamides is 1. The van der Waals surface area contributed by atoms with Crippen molar-refractivity contribution < 1.29 is 8.42 Å². The Morgan fingerprint density at radius 1 is 1.14 bits per heavy atom. The van der Waals surface area contributed by atoms with E-state index in [4.69, 9.17) is 10.9 Å². The fourth-order valence-corrected chi connectivity index (χ4v) is 3.24. The molecule has 22 heavy (non-hydrogen) atoms. The van der Waals surface area contributed by atoms with Gasteiger partial charge in [0.05, 0.1) is 4.90 Å². The fraction of sp³-hybridized carbons (Fsp3) is 0.385. The molecule has 1 aromatic rings. The van der Waals surface area contributed by atoms with Gasteiger partial charge in [-0.1, -0.05) is 0 Å². The lowest BCUT2D eigenvalue weighted by molar-refractivity contribution is 0.457. The molecule has 1 saturated carbocycles. The van der Waals surface area contributed by atoms with Gasteiger partial charge in [-0.2, -0.15) is 0 Å². The number of aliphatic imine (C=N–C) groups is 2. The second-order valence-corrected chi connectivity index (χ2v) is 7.03. The smallest absolute Gasteiger partial charge is 0.238 e. The first kappa shape index (κ1) is 14.8. The molecule has 0 bridgehead atoms. The zero-order valence-corrected chi connectivity index (χ0v) is 12.7. The van der Waals surface area contributed by atoms with Crippen LogP contribution in [-0.2, 0) is 10.0 Å². The number of guanidine groups is 2. The first-order chi connectivity index (χ1) is 10.4. The summed E-state index contributed by atoms with van der Waals surface area (Å²) < 4.78 is 22.5. The maximum absolute atomic E-state index is 11.2. The number of benzene rings is 1. The number of anilines is 1. The molecule has 1 aliphatic carbocycles. The van der Waals surface area contributed by atoms with Crippen molar-refractivity contribution in [1.82, 2.24) is 5.32 Å². The van der Waals surface area contributed by atoms with Crippen LogP contribution in [0.3, 0.4) is 0 Å². The van der Waals surface area contributed by atoms with Crippen molar-refractivity contribution in [2.75, 3.05) is 5.32 Å². The number of hydrogen-bond acceptors (Lipinski definition) is 7. The summed E-state index contributed by atoms with van der Waals surface area (Å²) in [5.41, 5.74) is 6.06. The highest BCUT2D eigenvalue weighted by atomic mass is 32.2. The van der Waals surface area contributed by atoms with Crippen LogP contribution in [0.4, 0.5) is 5.69 Å². The minimum Gasteiger partial charge on any atom is -0.370 e. The van der Waals surface area contributed by atoms with Crippen molar-refractivity contribution in [2.24, 2.45) is 20.9 Å². The third-order valence-electron chi connectivity index (χ3n) is 3.74. The number of nitrogens with two attached hydrogens (primary N) is 2. The van der Waals surface area contributed by atoms with E-state index >= 15 is 0 Å². The van der Waals surface area contributed by atoms with Crippen molar-refractivity contribution in [2.45, 2.75) is 36.2 Å². The molecule has 0 unspecified atom stereocenters. The fourth-order valence-electron chi connectivity index (χ4n) is 2.72. The van der Waals surface area contributed by atoms with Crippen LogP contribution < -0.4 is 21.5 Å². The zero-order chi connectivity index (χ0) is 15.8. The third-order valence-corrected chi connectivity index (χ3v) is 4.67. The lowest BCUT2D eigenvalue weighted by Gasteiger charge is -2.27. The molecule has 9 heteroatoms. The Balaban J connectivity index is 1.80. The van der Waals surface area contributed by atoms with Crippen LogP contribution in [0.2, 0.25) is 0 Å². The maximum Gasteiger partial charge on any atom is 0.238 e. The highest BCUT2D eigenvalue weighted by Gasteiger charge is 2.36. The molecule has 0 aromatic heterocycles. The van der Waals surface area contributed by atoms with Crippen molar-refractivity contribution in [1.29, 1.82) is 0 Å². The predicted molar refractivity (Wildman–Crippen MR) is 84.8 cm³/mol. The normalized spacial score (nSPS) is 20.2. The third kappa shape index (κ3) is 3.04. The summed E-state index contributed by atoms with van der Waals surface area (Å²) in [5, 5.41) is 11.0. The van der Waals surface area contributed by atoms with E-state index in [0.29, 0.717) is 17.6 Å². The summed E-state index contributed by atoms with van der Waals surface area (Å²) in [6.45, 7) is 0. The average molecular weight is 322 g/mol. The Morgan fingerprint density at radius 3 is 2.36 bits per heavy atom. The molecule has 0 amide bonds. The van der Waals surface area contributed by atoms with Gasteiger partial charge in [-0.05, 0) is 49.9 Å². The minimum atomic E-state index is -3.69. The van der Waals surface area contributed by atoms with E-state index in [1.807, 2.05) is 0 Å². The van der Waals surface area contributed by atoms with Crippen molar-refractivity contribution in [3.05, 3.63) is 24.3 Å². The van der Waals surface area contributed by atoms with Crippen LogP contribution in [0.1, 0.15) is 25.7 Å². The molecule has 1 aromatic carbocycles. The van der Waals surface area contributed by atoms with Crippen LogP contribution in [-0.4, -0.2) is 26.0 Å². The molecule has 1 aliphatic heterocycles. The molecule has 1 heterocycles. The molecule has 8 nitrogen and oxygen atoms in total. The molecular formula is C13H18N6O2S. The Kier molecular flexibility index (Phi) is 3.53. The summed E-state index contributed by atoms with van der Waals surface area (Å²) in [7, 11) is -3.69. The van der Waals surface area contributed by atoms with Crippen molar-refractivity contribution >= 4 is 27.6 Å². The summed E-state index contributed by atoms with van der Waals surface area (Å²) in [6, 6.07) is 6.11. The van der Waals surface area contributed by atoms with Crippen LogP contribution >= 0.6 is 0 Å². The van der Waals surface area contributed by atoms with Gasteiger partial charge in [-0.15, -0.1) is 0 Å². The second-order valence-electron chi connectivity index (χ2n) is 5.47. The van der Waals surface area contributed by atoms with Gasteiger partial charge in [-0.3, -0.25) is 5.32 Å². The van der Waals surface area contributed by atoms with Crippen LogP contribution in [0, 0.1) is 0 Å². The van der Waals surface area contributed by atoms with Gasteiger partial charge in [-0.25, -0.2) is 23.5 Å². The molecule has 2 aliphatic rings. The number of hydrogen-bond donors (Lipinski definition) is 4. The largest absolute Gasteiger partial charge is 0.370 e. The highest BCUT2D eigenvalue weighted by molar-refractivity contribution is 7.89. The summed E-state index contributed by atoms with van der Waals surface area (Å²) in [5.74, 6) is 0.846. The Bertz CT molecular complexity index is 732. The van der Waals surface area contributed by atoms with E-state index in [1.54, 1.807) is 12.1 Å². The zero-order valence-electron chi connectivity index (χ0n) is 11.9. The van der Waals surface area contributed by atoms with E-state index in [-0.39, 0.29) is 4.90 Å². The van der Waals surface area contributed by atoms with Gasteiger partial charge in [0.2, 0.25) is 16.0 Å². The molecule has 6 N–H and O–H groups in total. The SMILES string of the molecule is NC1=NC2(CCCC2)N=C(Nc2ccc(S(N)(=O)=O)cc2)N1. The van der Waals surface area contributed by atoms with Gasteiger partial charge >= 0.3 is 0 Å². The topological polar surface area (TPSA) is 135 Å². The molecule has 0 radical (unpaired) electrons. The monoisotopic (exact) mass is 322 g/mol. The lowest BCUT2D eigenvalue weighted by atomic mass is 10.1. The van der Waals surface area contributed by atoms with Gasteiger partial charge in [0, 0.05) is 5.69 Å². The van der Waals surface area contributed by atoms with Gasteiger partial charge in [0.15, 0.2) is 11.6 Å². The van der Waals surface area contributed by atoms with E-state index in [0.717, 1.165) is 25.7 Å².